The third kappa shape index (κ3) is 2.48. The molecular formula is C20H24N2O. The number of fused-ring (bicyclic) bond motifs is 4. The van der Waals surface area contributed by atoms with E-state index in [2.05, 4.69) is 46.8 Å². The molecule has 120 valence electrons. The molecule has 5 rings (SSSR count). The highest BCUT2D eigenvalue weighted by Crippen LogP contribution is 2.43. The van der Waals surface area contributed by atoms with Gasteiger partial charge in [0.25, 0.3) is 0 Å². The van der Waals surface area contributed by atoms with Gasteiger partial charge < -0.3 is 4.74 Å². The van der Waals surface area contributed by atoms with Gasteiger partial charge in [0.05, 0.1) is 11.6 Å². The molecule has 0 N–H and O–H groups in total. The fourth-order valence-electron chi connectivity index (χ4n) is 4.55. The summed E-state index contributed by atoms with van der Waals surface area (Å²) in [7, 11) is 1.84. The van der Waals surface area contributed by atoms with Gasteiger partial charge in [-0.25, -0.2) is 0 Å². The van der Waals surface area contributed by atoms with E-state index in [1.807, 2.05) is 19.4 Å². The van der Waals surface area contributed by atoms with E-state index in [-0.39, 0.29) is 6.10 Å². The maximum Gasteiger partial charge on any atom is 0.0983 e. The molecule has 3 fully saturated rings. The van der Waals surface area contributed by atoms with E-state index in [9.17, 15) is 0 Å². The van der Waals surface area contributed by atoms with Crippen LogP contribution in [0.1, 0.15) is 24.5 Å². The zero-order valence-corrected chi connectivity index (χ0v) is 13.7. The molecular weight excluding hydrogens is 284 g/mol. The summed E-state index contributed by atoms with van der Waals surface area (Å²) >= 11 is 0. The number of benzene rings is 1. The average molecular weight is 308 g/mol. The Hall–Kier alpha value is -1.71. The molecule has 3 aliphatic rings. The number of rotatable bonds is 4. The van der Waals surface area contributed by atoms with Crippen molar-refractivity contribution in [3.8, 4) is 0 Å². The van der Waals surface area contributed by atoms with Crippen molar-refractivity contribution in [2.75, 3.05) is 20.2 Å². The summed E-state index contributed by atoms with van der Waals surface area (Å²) in [6, 6.07) is 11.0. The van der Waals surface area contributed by atoms with E-state index in [4.69, 9.17) is 4.74 Å². The summed E-state index contributed by atoms with van der Waals surface area (Å²) in [5.74, 6) is 1.40. The number of ether oxygens (including phenoxy) is 1. The largest absolute Gasteiger partial charge is 0.375 e. The summed E-state index contributed by atoms with van der Waals surface area (Å²) in [6.07, 6.45) is 6.66. The van der Waals surface area contributed by atoms with Crippen molar-refractivity contribution in [1.29, 1.82) is 0 Å². The summed E-state index contributed by atoms with van der Waals surface area (Å²) in [6.45, 7) is 6.34. The topological polar surface area (TPSA) is 25.4 Å². The first-order chi connectivity index (χ1) is 11.3. The van der Waals surface area contributed by atoms with Crippen LogP contribution >= 0.6 is 0 Å². The smallest absolute Gasteiger partial charge is 0.0983 e. The molecule has 23 heavy (non-hydrogen) atoms. The van der Waals surface area contributed by atoms with E-state index < -0.39 is 0 Å². The minimum absolute atomic E-state index is 0.108. The van der Waals surface area contributed by atoms with Gasteiger partial charge in [-0.05, 0) is 48.9 Å². The SMILES string of the molecule is C=C[C@H]1CN2CC[C@@H]1C[C@H]2[C@H](OC)c1ccnc2ccccc12. The first-order valence-electron chi connectivity index (χ1n) is 8.55. The number of nitrogens with zero attached hydrogens (tertiary/aromatic N) is 2. The van der Waals surface area contributed by atoms with E-state index in [1.54, 1.807) is 0 Å². The van der Waals surface area contributed by atoms with Crippen molar-refractivity contribution in [2.45, 2.75) is 25.0 Å². The molecule has 3 heteroatoms. The minimum atomic E-state index is 0.108. The minimum Gasteiger partial charge on any atom is -0.375 e. The zero-order valence-electron chi connectivity index (χ0n) is 13.7. The molecule has 5 atom stereocenters. The van der Waals surface area contributed by atoms with Crippen LogP contribution in [0.2, 0.25) is 0 Å². The maximum atomic E-state index is 6.01. The van der Waals surface area contributed by atoms with Crippen molar-refractivity contribution in [2.24, 2.45) is 11.8 Å². The molecule has 0 spiro atoms. The molecule has 0 radical (unpaired) electrons. The number of aromatic nitrogens is 1. The molecule has 4 heterocycles. The van der Waals surface area contributed by atoms with Crippen molar-refractivity contribution in [1.82, 2.24) is 9.88 Å². The molecule has 2 aromatic rings. The van der Waals surface area contributed by atoms with Gasteiger partial charge in [-0.3, -0.25) is 9.88 Å². The van der Waals surface area contributed by atoms with Crippen LogP contribution in [0.4, 0.5) is 0 Å². The fourth-order valence-corrected chi connectivity index (χ4v) is 4.55. The molecule has 3 nitrogen and oxygen atoms in total. The predicted molar refractivity (Wildman–Crippen MR) is 93.3 cm³/mol. The Labute approximate surface area is 138 Å². The van der Waals surface area contributed by atoms with Gasteiger partial charge in [0, 0.05) is 31.3 Å². The Morgan fingerprint density at radius 1 is 1.35 bits per heavy atom. The second kappa shape index (κ2) is 6.06. The zero-order chi connectivity index (χ0) is 15.8. The summed E-state index contributed by atoms with van der Waals surface area (Å²) in [4.78, 5) is 7.10. The lowest BCUT2D eigenvalue weighted by molar-refractivity contribution is -0.0601. The molecule has 2 bridgehead atoms. The van der Waals surface area contributed by atoms with Gasteiger partial charge in [0.1, 0.15) is 0 Å². The van der Waals surface area contributed by atoms with Crippen LogP contribution in [0.3, 0.4) is 0 Å². The monoisotopic (exact) mass is 308 g/mol. The van der Waals surface area contributed by atoms with Gasteiger partial charge in [0.2, 0.25) is 0 Å². The highest BCUT2D eigenvalue weighted by Gasteiger charge is 2.42. The van der Waals surface area contributed by atoms with E-state index in [1.165, 1.54) is 30.3 Å². The molecule has 0 aliphatic carbocycles. The van der Waals surface area contributed by atoms with Crippen molar-refractivity contribution < 1.29 is 4.74 Å². The standard InChI is InChI=1S/C20H24N2O/c1-3-14-13-22-11-9-15(14)12-19(22)20(23-2)17-8-10-21-18-7-5-4-6-16(17)18/h3-8,10,14-15,19-20H,1,9,11-13H2,2H3/t14-,15+,19-,20+/m0/s1. The molecule has 0 saturated carbocycles. The number of piperidine rings is 3. The predicted octanol–water partition coefficient (Wildman–Crippen LogP) is 3.82. The third-order valence-corrected chi connectivity index (χ3v) is 5.75. The second-order valence-electron chi connectivity index (χ2n) is 6.82. The molecule has 1 aromatic carbocycles. The van der Waals surface area contributed by atoms with Crippen molar-refractivity contribution in [3.05, 3.63) is 54.7 Å². The highest BCUT2D eigenvalue weighted by molar-refractivity contribution is 5.82. The van der Waals surface area contributed by atoms with Crippen LogP contribution in [0, 0.1) is 11.8 Å². The normalized spacial score (nSPS) is 31.2. The Bertz CT molecular complexity index is 708. The Morgan fingerprint density at radius 2 is 2.22 bits per heavy atom. The van der Waals surface area contributed by atoms with Crippen LogP contribution in [0.25, 0.3) is 10.9 Å². The van der Waals surface area contributed by atoms with E-state index >= 15 is 0 Å². The number of hydrogen-bond donors (Lipinski definition) is 0. The van der Waals surface area contributed by atoms with Crippen LogP contribution in [-0.2, 0) is 4.74 Å². The lowest BCUT2D eigenvalue weighted by Crippen LogP contribution is -2.55. The van der Waals surface area contributed by atoms with E-state index in [0.717, 1.165) is 18.0 Å². The second-order valence-corrected chi connectivity index (χ2v) is 6.82. The Morgan fingerprint density at radius 3 is 2.96 bits per heavy atom. The van der Waals surface area contributed by atoms with E-state index in [0.29, 0.717) is 12.0 Å². The Kier molecular flexibility index (Phi) is 3.92. The van der Waals surface area contributed by atoms with Gasteiger partial charge >= 0.3 is 0 Å². The van der Waals surface area contributed by atoms with Crippen molar-refractivity contribution >= 4 is 10.9 Å². The first-order valence-corrected chi connectivity index (χ1v) is 8.55. The third-order valence-electron chi connectivity index (χ3n) is 5.75. The first kappa shape index (κ1) is 14.9. The van der Waals surface area contributed by atoms with Gasteiger partial charge in [-0.1, -0.05) is 24.3 Å². The molecule has 3 aliphatic heterocycles. The molecule has 1 aromatic heterocycles. The Balaban J connectivity index is 1.70. The average Bonchev–Trinajstić information content (AvgIpc) is 2.63. The number of pyridine rings is 1. The number of hydrogen-bond acceptors (Lipinski definition) is 3. The molecule has 0 amide bonds. The van der Waals surface area contributed by atoms with Crippen LogP contribution in [0.15, 0.2) is 49.2 Å². The summed E-state index contributed by atoms with van der Waals surface area (Å²) in [5.41, 5.74) is 2.32. The summed E-state index contributed by atoms with van der Waals surface area (Å²) in [5, 5.41) is 1.21. The molecule has 3 saturated heterocycles. The van der Waals surface area contributed by atoms with Crippen LogP contribution in [0.5, 0.6) is 0 Å². The lowest BCUT2D eigenvalue weighted by Gasteiger charge is -2.51. The quantitative estimate of drug-likeness (QED) is 0.803. The number of para-hydroxylation sites is 1. The molecule has 1 unspecified atom stereocenters. The lowest BCUT2D eigenvalue weighted by atomic mass is 9.73. The highest BCUT2D eigenvalue weighted by atomic mass is 16.5. The maximum absolute atomic E-state index is 6.01. The fraction of sp³-hybridized carbons (Fsp3) is 0.450. The van der Waals surface area contributed by atoms with Crippen molar-refractivity contribution in [3.63, 3.8) is 0 Å². The van der Waals surface area contributed by atoms with Crippen LogP contribution in [-0.4, -0.2) is 36.1 Å². The van der Waals surface area contributed by atoms with Crippen LogP contribution < -0.4 is 0 Å². The number of methoxy groups -OCH3 is 1. The summed E-state index contributed by atoms with van der Waals surface area (Å²) < 4.78 is 6.01. The van der Waals surface area contributed by atoms with Gasteiger partial charge in [-0.2, -0.15) is 0 Å². The van der Waals surface area contributed by atoms with Gasteiger partial charge in [-0.15, -0.1) is 6.58 Å². The van der Waals surface area contributed by atoms with Gasteiger partial charge in [0.15, 0.2) is 0 Å².